The van der Waals surface area contributed by atoms with E-state index in [4.69, 9.17) is 19.5 Å². The molecule has 0 saturated heterocycles. The lowest BCUT2D eigenvalue weighted by Crippen LogP contribution is -2.10. The molecule has 10 aromatic rings. The highest BCUT2D eigenvalue weighted by atomic mass is 16.3. The molecule has 9 aromatic carbocycles. The summed E-state index contributed by atoms with van der Waals surface area (Å²) in [7, 11) is 0. The topological polar surface area (TPSA) is 16.4 Å². The van der Waals surface area contributed by atoms with E-state index in [1.165, 1.54) is 17.9 Å². The van der Waals surface area contributed by atoms with Gasteiger partial charge in [0.15, 0.2) is 0 Å². The van der Waals surface area contributed by atoms with Crippen molar-refractivity contribution in [1.82, 2.24) is 0 Å². The van der Waals surface area contributed by atoms with Crippen molar-refractivity contribution in [2.24, 2.45) is 0 Å². The minimum absolute atomic E-state index is 0.0123. The van der Waals surface area contributed by atoms with Crippen LogP contribution in [0.2, 0.25) is 0 Å². The molecule has 10 rings (SSSR count). The van der Waals surface area contributed by atoms with E-state index in [2.05, 4.69) is 6.07 Å². The van der Waals surface area contributed by atoms with Crippen molar-refractivity contribution in [1.29, 1.82) is 0 Å². The van der Waals surface area contributed by atoms with Crippen LogP contribution >= 0.6 is 0 Å². The molecule has 1 aromatic heterocycles. The van der Waals surface area contributed by atoms with Crippen molar-refractivity contribution in [2.75, 3.05) is 4.90 Å². The molecule has 55 heavy (non-hydrogen) atoms. The molecule has 0 bridgehead atoms. The molecule has 0 saturated carbocycles. The molecule has 0 unspecified atom stereocenters. The summed E-state index contributed by atoms with van der Waals surface area (Å²) >= 11 is 0. The first kappa shape index (κ1) is 20.3. The lowest BCUT2D eigenvalue weighted by molar-refractivity contribution is 0.669. The van der Waals surface area contributed by atoms with Gasteiger partial charge in [-0.1, -0.05) is 157 Å². The highest BCUT2D eigenvalue weighted by Crippen LogP contribution is 2.40. The monoisotopic (exact) mass is 718 g/mol. The SMILES string of the molecule is [2H]c1c([2H])c([2H])c(-c2cccc(N(c3ccc(-c4ccc(-c5cccc6oc7ccccc7c56)cc4)cc3)c3c([2H])c([2H])c(-c4c([2H])c(C)c([2H])c5c([2H])c([2H])c([2H])c([2H])c45)c([2H])c3[2H])c2)c([2H])c1[2H]. The molecular weight excluding hydrogens is 667 g/mol. The molecule has 0 radical (unpaired) electrons. The Labute approximate surface area is 342 Å². The van der Waals surface area contributed by atoms with Crippen LogP contribution in [0.15, 0.2) is 210 Å². The fourth-order valence-corrected chi connectivity index (χ4v) is 7.06. The quantitative estimate of drug-likeness (QED) is 0.163. The molecule has 260 valence electrons. The van der Waals surface area contributed by atoms with E-state index >= 15 is 0 Å². The average molecular weight is 719 g/mol. The molecule has 2 nitrogen and oxygen atoms in total. The van der Waals surface area contributed by atoms with Gasteiger partial charge in [0.1, 0.15) is 11.2 Å². The van der Waals surface area contributed by atoms with E-state index in [9.17, 15) is 5.48 Å². The van der Waals surface area contributed by atoms with Crippen molar-refractivity contribution < 1.29 is 25.0 Å². The summed E-state index contributed by atoms with van der Waals surface area (Å²) in [6, 6.07) is 27.3. The molecular formula is C53H37NO. The third-order valence-corrected chi connectivity index (χ3v) is 9.60. The summed E-state index contributed by atoms with van der Waals surface area (Å²) in [6.07, 6.45) is 0. The Morgan fingerprint density at radius 3 is 1.95 bits per heavy atom. The van der Waals surface area contributed by atoms with Crippen LogP contribution in [0.5, 0.6) is 0 Å². The van der Waals surface area contributed by atoms with E-state index < -0.39 is 90.2 Å². The number of rotatable bonds is 7. The smallest absolute Gasteiger partial charge is 0.136 e. The Morgan fingerprint density at radius 2 is 1.13 bits per heavy atom. The largest absolute Gasteiger partial charge is 0.456 e. The van der Waals surface area contributed by atoms with Crippen molar-refractivity contribution >= 4 is 49.8 Å². The van der Waals surface area contributed by atoms with Gasteiger partial charge in [-0.3, -0.25) is 0 Å². The van der Waals surface area contributed by atoms with Gasteiger partial charge in [-0.15, -0.1) is 0 Å². The lowest BCUT2D eigenvalue weighted by atomic mass is 9.95. The van der Waals surface area contributed by atoms with E-state index in [0.717, 1.165) is 44.2 Å². The normalized spacial score (nSPS) is 15.2. The molecule has 1 heterocycles. The van der Waals surface area contributed by atoms with Gasteiger partial charge in [0.2, 0.25) is 0 Å². The fourth-order valence-electron chi connectivity index (χ4n) is 7.06. The summed E-state index contributed by atoms with van der Waals surface area (Å²) < 4.78 is 139. The molecule has 0 spiro atoms. The number of hydrogen-bond acceptors (Lipinski definition) is 2. The zero-order valence-electron chi connectivity index (χ0n) is 44.3. The Kier molecular flexibility index (Phi) is 5.06. The zero-order valence-corrected chi connectivity index (χ0v) is 29.3. The minimum Gasteiger partial charge on any atom is -0.456 e. The first-order valence-corrected chi connectivity index (χ1v) is 17.6. The van der Waals surface area contributed by atoms with Crippen LogP contribution in [-0.2, 0) is 0 Å². The standard InChI is InChI=1S/C53H37NO/c1-36-33-43-13-5-6-16-47(43)50(34-36)41-27-31-45(32-28-41)54(46-15-9-14-42(35-46)37-11-3-2-4-12-37)44-29-25-39(26-30-44)38-21-23-40(24-22-38)48-18-10-20-52-53(48)49-17-7-8-19-51(49)55-52/h2-35H,1H3/i2D,3D,4D,5D,6D,11D,12D,13D,16D,27D,28D,31D,32D,33D,34D. The van der Waals surface area contributed by atoms with Gasteiger partial charge in [0.05, 0.1) is 20.6 Å². The van der Waals surface area contributed by atoms with Crippen LogP contribution in [0.1, 0.15) is 26.1 Å². The maximum absolute atomic E-state index is 9.60. The molecule has 2 heteroatoms. The Morgan fingerprint density at radius 1 is 0.436 bits per heavy atom. The van der Waals surface area contributed by atoms with Crippen LogP contribution < -0.4 is 4.90 Å². The number of benzene rings is 9. The Hall–Kier alpha value is -7.16. The van der Waals surface area contributed by atoms with Crippen LogP contribution in [0, 0.1) is 6.92 Å². The molecule has 0 fully saturated rings. The van der Waals surface area contributed by atoms with Crippen molar-refractivity contribution in [3.05, 3.63) is 211 Å². The maximum atomic E-state index is 9.60. The van der Waals surface area contributed by atoms with Gasteiger partial charge in [0.25, 0.3) is 0 Å². The maximum Gasteiger partial charge on any atom is 0.136 e. The first-order chi connectivity index (χ1) is 33.4. The molecule has 0 aliphatic carbocycles. The third-order valence-electron chi connectivity index (χ3n) is 9.60. The Bertz CT molecular complexity index is 3780. The fraction of sp³-hybridized carbons (Fsp3) is 0.0189. The van der Waals surface area contributed by atoms with E-state index in [0.29, 0.717) is 5.69 Å². The minimum atomic E-state index is -0.654. The van der Waals surface area contributed by atoms with Crippen LogP contribution in [0.3, 0.4) is 0 Å². The summed E-state index contributed by atoms with van der Waals surface area (Å²) in [6.45, 7) is 1.42. The highest BCUT2D eigenvalue weighted by Gasteiger charge is 2.16. The van der Waals surface area contributed by atoms with E-state index in [1.54, 1.807) is 30.3 Å². The molecule has 0 amide bonds. The van der Waals surface area contributed by atoms with Crippen LogP contribution in [0.25, 0.3) is 77.2 Å². The summed E-state index contributed by atoms with van der Waals surface area (Å²) in [5.41, 5.74) is 5.05. The second kappa shape index (κ2) is 13.7. The van der Waals surface area contributed by atoms with Crippen LogP contribution in [0.4, 0.5) is 17.1 Å². The number of para-hydroxylation sites is 1. The number of nitrogens with zero attached hydrogens (tertiary/aromatic N) is 1. The molecule has 0 aliphatic rings. The predicted octanol–water partition coefficient (Wildman–Crippen LogP) is 15.2. The van der Waals surface area contributed by atoms with E-state index in [-0.39, 0.29) is 50.4 Å². The van der Waals surface area contributed by atoms with Gasteiger partial charge < -0.3 is 9.32 Å². The van der Waals surface area contributed by atoms with Crippen molar-refractivity contribution in [2.45, 2.75) is 6.92 Å². The zero-order chi connectivity index (χ0) is 49.8. The summed E-state index contributed by atoms with van der Waals surface area (Å²) in [5, 5.41) is 1.52. The predicted molar refractivity (Wildman–Crippen MR) is 232 cm³/mol. The number of hydrogen-bond donors (Lipinski definition) is 0. The van der Waals surface area contributed by atoms with Gasteiger partial charge in [0, 0.05) is 27.8 Å². The number of furan rings is 1. The number of fused-ring (bicyclic) bond motifs is 4. The van der Waals surface area contributed by atoms with Crippen molar-refractivity contribution in [3.8, 4) is 44.5 Å². The lowest BCUT2D eigenvalue weighted by Gasteiger charge is -2.26. The summed E-state index contributed by atoms with van der Waals surface area (Å²) in [4.78, 5) is 1.47. The molecule has 0 aliphatic heterocycles. The number of anilines is 3. The van der Waals surface area contributed by atoms with Crippen LogP contribution in [-0.4, -0.2) is 0 Å². The van der Waals surface area contributed by atoms with Gasteiger partial charge in [-0.05, 0) is 116 Å². The van der Waals surface area contributed by atoms with Crippen molar-refractivity contribution in [3.63, 3.8) is 0 Å². The van der Waals surface area contributed by atoms with Gasteiger partial charge in [-0.25, -0.2) is 0 Å². The second-order valence-electron chi connectivity index (χ2n) is 13.0. The second-order valence-corrected chi connectivity index (χ2v) is 13.0. The van der Waals surface area contributed by atoms with Gasteiger partial charge >= 0.3 is 0 Å². The summed E-state index contributed by atoms with van der Waals surface area (Å²) in [5.74, 6) is 0. The van der Waals surface area contributed by atoms with E-state index in [1.807, 2.05) is 72.8 Å². The van der Waals surface area contributed by atoms with Gasteiger partial charge in [-0.2, -0.15) is 0 Å². The highest BCUT2D eigenvalue weighted by molar-refractivity contribution is 6.12. The third kappa shape index (κ3) is 6.04. The molecule has 0 N–H and O–H groups in total. The Balaban J connectivity index is 1.15. The average Bonchev–Trinajstić information content (AvgIpc) is 3.76. The molecule has 0 atom stereocenters. The first-order valence-electron chi connectivity index (χ1n) is 25.1.